The average Bonchev–Trinajstić information content (AvgIpc) is 2.71. The quantitative estimate of drug-likeness (QED) is 0.605. The van der Waals surface area contributed by atoms with Gasteiger partial charge in [0.1, 0.15) is 0 Å². The highest BCUT2D eigenvalue weighted by Gasteiger charge is 2.24. The van der Waals surface area contributed by atoms with Crippen LogP contribution in [0.15, 0.2) is 4.99 Å². The van der Waals surface area contributed by atoms with E-state index in [0.29, 0.717) is 6.04 Å². The van der Waals surface area contributed by atoms with Crippen LogP contribution in [0.3, 0.4) is 0 Å². The second kappa shape index (κ2) is 9.23. The van der Waals surface area contributed by atoms with E-state index in [-0.39, 0.29) is 0 Å². The molecule has 1 aliphatic heterocycles. The minimum Gasteiger partial charge on any atom is -0.370 e. The van der Waals surface area contributed by atoms with Gasteiger partial charge in [-0.1, -0.05) is 58.8 Å². The molecule has 0 aromatic heterocycles. The second-order valence-electron chi connectivity index (χ2n) is 5.46. The Morgan fingerprint density at radius 3 is 2.39 bits per heavy atom. The van der Waals surface area contributed by atoms with Crippen LogP contribution < -0.4 is 5.73 Å². The van der Waals surface area contributed by atoms with Crippen LogP contribution in [-0.2, 0) is 0 Å². The molecule has 2 N–H and O–H groups in total. The Bertz CT molecular complexity index is 238. The molecule has 0 amide bonds. The molecule has 0 fully saturated rings. The third-order valence-electron chi connectivity index (χ3n) is 3.80. The summed E-state index contributed by atoms with van der Waals surface area (Å²) in [5, 5.41) is 0. The molecule has 0 aliphatic carbocycles. The lowest BCUT2D eigenvalue weighted by Crippen LogP contribution is -2.41. The third-order valence-corrected chi connectivity index (χ3v) is 3.80. The van der Waals surface area contributed by atoms with Crippen molar-refractivity contribution in [1.29, 1.82) is 0 Å². The molecule has 1 heterocycles. The van der Waals surface area contributed by atoms with Crippen LogP contribution in [0.1, 0.15) is 71.6 Å². The number of unbranched alkanes of at least 4 members (excludes halogenated alkanes) is 6. The highest BCUT2D eigenvalue weighted by molar-refractivity contribution is 5.80. The van der Waals surface area contributed by atoms with Crippen LogP contribution in [0.2, 0.25) is 0 Å². The van der Waals surface area contributed by atoms with Gasteiger partial charge in [-0.3, -0.25) is 4.99 Å². The van der Waals surface area contributed by atoms with E-state index in [0.717, 1.165) is 25.5 Å². The fourth-order valence-corrected chi connectivity index (χ4v) is 2.70. The first-order valence-corrected chi connectivity index (χ1v) is 7.86. The van der Waals surface area contributed by atoms with Crippen molar-refractivity contribution in [2.75, 3.05) is 13.1 Å². The van der Waals surface area contributed by atoms with Crippen molar-refractivity contribution >= 4 is 5.96 Å². The molecule has 0 aromatic carbocycles. The summed E-state index contributed by atoms with van der Waals surface area (Å²) in [6, 6.07) is 0.584. The van der Waals surface area contributed by atoms with Gasteiger partial charge in [-0.05, 0) is 12.8 Å². The summed E-state index contributed by atoms with van der Waals surface area (Å²) in [4.78, 5) is 6.68. The molecule has 0 radical (unpaired) electrons. The molecule has 1 atom stereocenters. The molecule has 0 aromatic rings. The number of aliphatic imine (C=N–C) groups is 1. The Balaban J connectivity index is 2.05. The van der Waals surface area contributed by atoms with E-state index in [1.54, 1.807) is 0 Å². The zero-order valence-corrected chi connectivity index (χ0v) is 12.3. The average molecular weight is 253 g/mol. The first kappa shape index (κ1) is 15.3. The van der Waals surface area contributed by atoms with Crippen LogP contribution in [0.5, 0.6) is 0 Å². The normalized spacial score (nSPS) is 19.3. The van der Waals surface area contributed by atoms with Gasteiger partial charge >= 0.3 is 0 Å². The Kier molecular flexibility index (Phi) is 7.86. The number of nitrogens with two attached hydrogens (primary N) is 1. The molecular formula is C15H31N3. The van der Waals surface area contributed by atoms with Crippen molar-refractivity contribution in [2.24, 2.45) is 10.7 Å². The van der Waals surface area contributed by atoms with Crippen molar-refractivity contribution in [3.63, 3.8) is 0 Å². The lowest BCUT2D eigenvalue weighted by Gasteiger charge is -2.25. The fourth-order valence-electron chi connectivity index (χ4n) is 2.70. The monoisotopic (exact) mass is 253 g/mol. The number of nitrogens with zero attached hydrogens (tertiary/aromatic N) is 2. The van der Waals surface area contributed by atoms with E-state index in [9.17, 15) is 0 Å². The topological polar surface area (TPSA) is 41.6 Å². The predicted molar refractivity (Wildman–Crippen MR) is 79.9 cm³/mol. The SMILES string of the molecule is CCCCCCCCCC1CN=C(N)N1CCC. The number of rotatable bonds is 10. The van der Waals surface area contributed by atoms with Crippen molar-refractivity contribution in [1.82, 2.24) is 4.90 Å². The maximum absolute atomic E-state index is 5.92. The lowest BCUT2D eigenvalue weighted by atomic mass is 10.0. The number of hydrogen-bond donors (Lipinski definition) is 1. The van der Waals surface area contributed by atoms with Gasteiger partial charge in [-0.25, -0.2) is 0 Å². The van der Waals surface area contributed by atoms with Gasteiger partial charge in [0.25, 0.3) is 0 Å². The van der Waals surface area contributed by atoms with Gasteiger partial charge in [0.15, 0.2) is 5.96 Å². The van der Waals surface area contributed by atoms with E-state index in [1.807, 2.05) is 0 Å². The molecular weight excluding hydrogens is 222 g/mol. The summed E-state index contributed by atoms with van der Waals surface area (Å²) in [7, 11) is 0. The van der Waals surface area contributed by atoms with E-state index in [4.69, 9.17) is 5.73 Å². The number of guanidine groups is 1. The van der Waals surface area contributed by atoms with Crippen LogP contribution in [0.25, 0.3) is 0 Å². The zero-order valence-electron chi connectivity index (χ0n) is 12.3. The first-order valence-electron chi connectivity index (χ1n) is 7.86. The molecule has 1 rings (SSSR count). The lowest BCUT2D eigenvalue weighted by molar-refractivity contribution is 0.315. The van der Waals surface area contributed by atoms with Gasteiger partial charge in [0.2, 0.25) is 0 Å². The molecule has 18 heavy (non-hydrogen) atoms. The molecule has 3 heteroatoms. The van der Waals surface area contributed by atoms with E-state index < -0.39 is 0 Å². The van der Waals surface area contributed by atoms with Crippen molar-refractivity contribution in [3.05, 3.63) is 0 Å². The molecule has 3 nitrogen and oxygen atoms in total. The van der Waals surface area contributed by atoms with Crippen LogP contribution >= 0.6 is 0 Å². The van der Waals surface area contributed by atoms with Crippen molar-refractivity contribution in [3.8, 4) is 0 Å². The van der Waals surface area contributed by atoms with Crippen LogP contribution in [-0.4, -0.2) is 30.0 Å². The summed E-state index contributed by atoms with van der Waals surface area (Å²) in [6.07, 6.45) is 12.1. The largest absolute Gasteiger partial charge is 0.370 e. The molecule has 0 saturated heterocycles. The molecule has 0 saturated carbocycles. The molecule has 1 aliphatic rings. The Morgan fingerprint density at radius 2 is 1.72 bits per heavy atom. The Hall–Kier alpha value is -0.730. The molecule has 0 bridgehead atoms. The predicted octanol–water partition coefficient (Wildman–Crippen LogP) is 3.54. The summed E-state index contributed by atoms with van der Waals surface area (Å²) < 4.78 is 0. The highest BCUT2D eigenvalue weighted by Crippen LogP contribution is 2.17. The van der Waals surface area contributed by atoms with Gasteiger partial charge < -0.3 is 10.6 Å². The minimum absolute atomic E-state index is 0.584. The van der Waals surface area contributed by atoms with E-state index in [1.165, 1.54) is 51.4 Å². The first-order chi connectivity index (χ1) is 8.79. The van der Waals surface area contributed by atoms with E-state index >= 15 is 0 Å². The number of hydrogen-bond acceptors (Lipinski definition) is 3. The highest BCUT2D eigenvalue weighted by atomic mass is 15.3. The molecule has 106 valence electrons. The zero-order chi connectivity index (χ0) is 13.2. The van der Waals surface area contributed by atoms with Crippen LogP contribution in [0.4, 0.5) is 0 Å². The molecule has 0 spiro atoms. The summed E-state index contributed by atoms with van der Waals surface area (Å²) in [6.45, 7) is 6.46. The summed E-state index contributed by atoms with van der Waals surface area (Å²) >= 11 is 0. The van der Waals surface area contributed by atoms with Gasteiger partial charge in [-0.2, -0.15) is 0 Å². The Morgan fingerprint density at radius 1 is 1.06 bits per heavy atom. The van der Waals surface area contributed by atoms with Gasteiger partial charge in [0.05, 0.1) is 12.6 Å². The van der Waals surface area contributed by atoms with E-state index in [2.05, 4.69) is 23.7 Å². The second-order valence-corrected chi connectivity index (χ2v) is 5.46. The maximum atomic E-state index is 5.92. The third kappa shape index (κ3) is 5.28. The van der Waals surface area contributed by atoms with Gasteiger partial charge in [0, 0.05) is 6.54 Å². The Labute approximate surface area is 113 Å². The smallest absolute Gasteiger partial charge is 0.191 e. The summed E-state index contributed by atoms with van der Waals surface area (Å²) in [5.41, 5.74) is 5.92. The fraction of sp³-hybridized carbons (Fsp3) is 0.933. The van der Waals surface area contributed by atoms with Crippen molar-refractivity contribution in [2.45, 2.75) is 77.7 Å². The minimum atomic E-state index is 0.584. The van der Waals surface area contributed by atoms with Crippen molar-refractivity contribution < 1.29 is 0 Å². The standard InChI is InChI=1S/C15H31N3/c1-3-5-6-7-8-9-10-11-14-13-17-15(16)18(14)12-4-2/h14H,3-13H2,1-2H3,(H2,16,17). The van der Waals surface area contributed by atoms with Crippen LogP contribution in [0, 0.1) is 0 Å². The van der Waals surface area contributed by atoms with Gasteiger partial charge in [-0.15, -0.1) is 0 Å². The molecule has 1 unspecified atom stereocenters. The maximum Gasteiger partial charge on any atom is 0.191 e. The summed E-state index contributed by atoms with van der Waals surface area (Å²) in [5.74, 6) is 0.768.